The molecule has 9 heteroatoms. The Morgan fingerprint density at radius 3 is 2.69 bits per heavy atom. The third-order valence-corrected chi connectivity index (χ3v) is 9.16. The third-order valence-electron chi connectivity index (χ3n) is 7.76. The van der Waals surface area contributed by atoms with Gasteiger partial charge in [0.25, 0.3) is 0 Å². The van der Waals surface area contributed by atoms with E-state index in [1.807, 2.05) is 35.2 Å². The largest absolute Gasteiger partial charge is 0.334 e. The second-order valence-corrected chi connectivity index (χ2v) is 12.4. The zero-order valence-corrected chi connectivity index (χ0v) is 24.0. The highest BCUT2D eigenvalue weighted by Crippen LogP contribution is 2.50. The standard InChI is InChI=1S/C30H29Cl2N5OS/c1-20-35-28-25(39-20)9-8-24-27(28)30(19-37(24)29(38)34-18-22-10-13-33-26(32)17-22)11-15-36(16-12-30)14-2-3-21-4-6-23(31)7-5-21/h2-10,13,17H,11-12,14-16,18-19H2,1H3,(H,34,38). The van der Waals surface area contributed by atoms with Gasteiger partial charge in [-0.05, 0) is 80.4 Å². The first-order chi connectivity index (χ1) is 18.9. The molecule has 2 amide bonds. The average molecular weight is 579 g/mol. The fraction of sp³-hybridized carbons (Fsp3) is 0.300. The minimum atomic E-state index is -0.108. The molecule has 1 saturated heterocycles. The number of benzene rings is 2. The van der Waals surface area contributed by atoms with Crippen LogP contribution in [0.25, 0.3) is 16.3 Å². The molecule has 1 fully saturated rings. The number of fused-ring (bicyclic) bond motifs is 4. The molecule has 2 aliphatic rings. The van der Waals surface area contributed by atoms with Crippen LogP contribution in [0.2, 0.25) is 10.2 Å². The average Bonchev–Trinajstić information content (AvgIpc) is 3.47. The summed E-state index contributed by atoms with van der Waals surface area (Å²) in [7, 11) is 0. The highest BCUT2D eigenvalue weighted by atomic mass is 35.5. The molecule has 0 unspecified atom stereocenters. The molecule has 6 nitrogen and oxygen atoms in total. The molecule has 2 aliphatic heterocycles. The Morgan fingerprint density at radius 1 is 1.13 bits per heavy atom. The van der Waals surface area contributed by atoms with Gasteiger partial charge in [0.2, 0.25) is 0 Å². The molecule has 0 atom stereocenters. The molecule has 0 radical (unpaired) electrons. The van der Waals surface area contributed by atoms with Crippen LogP contribution in [0, 0.1) is 6.92 Å². The van der Waals surface area contributed by atoms with Crippen molar-refractivity contribution in [1.29, 1.82) is 0 Å². The summed E-state index contributed by atoms with van der Waals surface area (Å²) in [6.45, 7) is 5.94. The van der Waals surface area contributed by atoms with E-state index in [0.717, 1.165) is 64.8 Å². The van der Waals surface area contributed by atoms with Crippen molar-refractivity contribution in [1.82, 2.24) is 20.2 Å². The number of urea groups is 1. The second-order valence-electron chi connectivity index (χ2n) is 10.3. The quantitative estimate of drug-likeness (QED) is 0.257. The molecule has 2 aromatic carbocycles. The van der Waals surface area contributed by atoms with E-state index in [-0.39, 0.29) is 11.4 Å². The number of halogens is 2. The van der Waals surface area contributed by atoms with Gasteiger partial charge in [0.1, 0.15) is 5.15 Å². The van der Waals surface area contributed by atoms with E-state index in [4.69, 9.17) is 28.2 Å². The highest BCUT2D eigenvalue weighted by Gasteiger charge is 2.48. The van der Waals surface area contributed by atoms with Crippen molar-refractivity contribution >= 4 is 62.5 Å². The van der Waals surface area contributed by atoms with Crippen molar-refractivity contribution < 1.29 is 4.79 Å². The molecular formula is C30H29Cl2N5OS. The number of thiazole rings is 1. The van der Waals surface area contributed by atoms with E-state index in [2.05, 4.69) is 46.4 Å². The van der Waals surface area contributed by atoms with Crippen LogP contribution in [0.15, 0.2) is 60.8 Å². The van der Waals surface area contributed by atoms with Crippen molar-refractivity contribution in [2.75, 3.05) is 31.1 Å². The topological polar surface area (TPSA) is 61.4 Å². The van der Waals surface area contributed by atoms with Crippen LogP contribution in [0.1, 0.15) is 34.5 Å². The number of amides is 2. The Kier molecular flexibility index (Phi) is 7.33. The Balaban J connectivity index is 1.20. The van der Waals surface area contributed by atoms with Crippen molar-refractivity contribution in [2.24, 2.45) is 0 Å². The van der Waals surface area contributed by atoms with E-state index >= 15 is 0 Å². The molecule has 6 rings (SSSR count). The van der Waals surface area contributed by atoms with Crippen LogP contribution < -0.4 is 10.2 Å². The van der Waals surface area contributed by atoms with E-state index in [1.165, 1.54) is 10.3 Å². The van der Waals surface area contributed by atoms with Gasteiger partial charge in [-0.15, -0.1) is 11.3 Å². The zero-order valence-electron chi connectivity index (χ0n) is 21.7. The van der Waals surface area contributed by atoms with Gasteiger partial charge in [-0.2, -0.15) is 0 Å². The molecule has 0 saturated carbocycles. The minimum absolute atomic E-state index is 0.0966. The molecule has 4 heterocycles. The number of nitrogens with one attached hydrogen (secondary N) is 1. The zero-order chi connectivity index (χ0) is 27.0. The van der Waals surface area contributed by atoms with Gasteiger partial charge in [-0.25, -0.2) is 14.8 Å². The minimum Gasteiger partial charge on any atom is -0.334 e. The molecule has 1 N–H and O–H groups in total. The molecule has 39 heavy (non-hydrogen) atoms. The Hall–Kier alpha value is -2.97. The summed E-state index contributed by atoms with van der Waals surface area (Å²) < 4.78 is 1.19. The SMILES string of the molecule is Cc1nc2c3c(ccc2s1)N(C(=O)NCc1ccnc(Cl)c1)CC31CCN(CC=Cc2ccc(Cl)cc2)CC1. The number of anilines is 1. The molecule has 1 spiro atoms. The summed E-state index contributed by atoms with van der Waals surface area (Å²) in [4.78, 5) is 26.9. The normalized spacial score (nSPS) is 16.8. The molecule has 200 valence electrons. The van der Waals surface area contributed by atoms with Crippen LogP contribution in [0.5, 0.6) is 0 Å². The van der Waals surface area contributed by atoms with Crippen LogP contribution in [-0.4, -0.2) is 47.1 Å². The first-order valence-electron chi connectivity index (χ1n) is 13.1. The number of hydrogen-bond acceptors (Lipinski definition) is 5. The number of likely N-dealkylation sites (tertiary alicyclic amines) is 1. The number of aryl methyl sites for hydroxylation is 1. The van der Waals surface area contributed by atoms with E-state index in [0.29, 0.717) is 18.2 Å². The number of pyridine rings is 1. The Morgan fingerprint density at radius 2 is 1.92 bits per heavy atom. The monoisotopic (exact) mass is 577 g/mol. The third kappa shape index (κ3) is 5.41. The predicted molar refractivity (Wildman–Crippen MR) is 161 cm³/mol. The summed E-state index contributed by atoms with van der Waals surface area (Å²) in [5.74, 6) is 0. The highest BCUT2D eigenvalue weighted by molar-refractivity contribution is 7.18. The maximum atomic E-state index is 13.5. The van der Waals surface area contributed by atoms with Crippen LogP contribution in [0.3, 0.4) is 0 Å². The van der Waals surface area contributed by atoms with Gasteiger partial charge in [0.05, 0.1) is 20.9 Å². The van der Waals surface area contributed by atoms with E-state index in [9.17, 15) is 4.79 Å². The van der Waals surface area contributed by atoms with Gasteiger partial charge in [-0.3, -0.25) is 9.80 Å². The number of piperidine rings is 1. The molecule has 2 aromatic heterocycles. The lowest BCUT2D eigenvalue weighted by Crippen LogP contribution is -2.47. The summed E-state index contributed by atoms with van der Waals surface area (Å²) in [5, 5.41) is 5.32. The maximum absolute atomic E-state index is 13.5. The predicted octanol–water partition coefficient (Wildman–Crippen LogP) is 7.08. The lowest BCUT2D eigenvalue weighted by atomic mass is 9.74. The first-order valence-corrected chi connectivity index (χ1v) is 14.7. The first kappa shape index (κ1) is 26.3. The van der Waals surface area contributed by atoms with Gasteiger partial charge in [0, 0.05) is 41.8 Å². The number of rotatable bonds is 5. The van der Waals surface area contributed by atoms with Crippen LogP contribution in [-0.2, 0) is 12.0 Å². The molecule has 4 aromatic rings. The lowest BCUT2D eigenvalue weighted by Gasteiger charge is -2.39. The smallest absolute Gasteiger partial charge is 0.322 e. The summed E-state index contributed by atoms with van der Waals surface area (Å²) >= 11 is 13.8. The summed E-state index contributed by atoms with van der Waals surface area (Å²) in [6, 6.07) is 15.7. The van der Waals surface area contributed by atoms with Crippen molar-refractivity contribution in [2.45, 2.75) is 31.7 Å². The van der Waals surface area contributed by atoms with Crippen molar-refractivity contribution in [3.63, 3.8) is 0 Å². The number of carbonyl (C=O) groups excluding carboxylic acids is 1. The second kappa shape index (κ2) is 10.9. The van der Waals surface area contributed by atoms with Crippen LogP contribution >= 0.6 is 34.5 Å². The van der Waals surface area contributed by atoms with Gasteiger partial charge < -0.3 is 5.32 Å². The summed E-state index contributed by atoms with van der Waals surface area (Å²) in [5.41, 5.74) is 5.24. The Labute approximate surface area is 242 Å². The van der Waals surface area contributed by atoms with Crippen molar-refractivity contribution in [3.05, 3.63) is 92.7 Å². The maximum Gasteiger partial charge on any atom is 0.322 e. The molecular weight excluding hydrogens is 549 g/mol. The van der Waals surface area contributed by atoms with Gasteiger partial charge in [0.15, 0.2) is 0 Å². The number of carbonyl (C=O) groups is 1. The number of hydrogen-bond donors (Lipinski definition) is 1. The van der Waals surface area contributed by atoms with E-state index in [1.54, 1.807) is 23.6 Å². The Bertz CT molecular complexity index is 1540. The number of aromatic nitrogens is 2. The summed E-state index contributed by atoms with van der Waals surface area (Å²) in [6.07, 6.45) is 7.98. The van der Waals surface area contributed by atoms with E-state index < -0.39 is 0 Å². The van der Waals surface area contributed by atoms with Gasteiger partial charge >= 0.3 is 6.03 Å². The van der Waals surface area contributed by atoms with Gasteiger partial charge in [-0.1, -0.05) is 47.5 Å². The fourth-order valence-electron chi connectivity index (χ4n) is 5.80. The van der Waals surface area contributed by atoms with Crippen molar-refractivity contribution in [3.8, 4) is 0 Å². The number of nitrogens with zero attached hydrogens (tertiary/aromatic N) is 4. The molecule has 0 bridgehead atoms. The lowest BCUT2D eigenvalue weighted by molar-refractivity contribution is 0.180. The fourth-order valence-corrected chi connectivity index (χ4v) is 6.96. The molecule has 0 aliphatic carbocycles. The van der Waals surface area contributed by atoms with Crippen LogP contribution in [0.4, 0.5) is 10.5 Å².